The molecule has 0 saturated carbocycles. The quantitative estimate of drug-likeness (QED) is 0.669. The standard InChI is InChI=1S/C25H29ClN4O2/c1-25(2,3)32-24(31)30-17-9-10-18(30)13-16(12-17)28-23-27-14-21(26)22(29-23)20-11-8-15-6-4-5-7-19(15)20/h4-7,11,14,16-18H,8-10,12-13H2,1-3H3,(H,27,28,29)/t16?,17-,18+. The van der Waals surface area contributed by atoms with Crippen LogP contribution in [0.3, 0.4) is 0 Å². The highest BCUT2D eigenvalue weighted by molar-refractivity contribution is 6.32. The number of rotatable bonds is 3. The fourth-order valence-corrected chi connectivity index (χ4v) is 5.42. The van der Waals surface area contributed by atoms with Crippen molar-refractivity contribution in [2.45, 2.75) is 76.6 Å². The van der Waals surface area contributed by atoms with Gasteiger partial charge in [0.05, 0.1) is 16.9 Å². The molecule has 5 rings (SSSR count). The molecule has 6 nitrogen and oxygen atoms in total. The smallest absolute Gasteiger partial charge is 0.410 e. The first kappa shape index (κ1) is 21.3. The normalized spacial score (nSPS) is 24.2. The Hall–Kier alpha value is -2.60. The Morgan fingerprint density at radius 1 is 1.19 bits per heavy atom. The third kappa shape index (κ3) is 4.08. The number of piperidine rings is 1. The number of amides is 1. The van der Waals surface area contributed by atoms with Gasteiger partial charge in [0.1, 0.15) is 5.60 Å². The van der Waals surface area contributed by atoms with Crippen LogP contribution in [0.1, 0.15) is 63.3 Å². The van der Waals surface area contributed by atoms with Crippen molar-refractivity contribution in [2.24, 2.45) is 0 Å². The molecule has 2 aliphatic heterocycles. The Kier molecular flexibility index (Phi) is 5.36. The van der Waals surface area contributed by atoms with Crippen LogP contribution < -0.4 is 5.32 Å². The summed E-state index contributed by atoms with van der Waals surface area (Å²) in [5.41, 5.74) is 3.83. The Balaban J connectivity index is 1.31. The molecule has 1 amide bonds. The number of hydrogen-bond acceptors (Lipinski definition) is 5. The molecule has 1 aromatic carbocycles. The summed E-state index contributed by atoms with van der Waals surface area (Å²) < 4.78 is 5.65. The van der Waals surface area contributed by atoms with E-state index in [9.17, 15) is 4.79 Å². The summed E-state index contributed by atoms with van der Waals surface area (Å²) >= 11 is 6.50. The topological polar surface area (TPSA) is 67.3 Å². The Morgan fingerprint density at radius 3 is 2.62 bits per heavy atom. The molecular formula is C25H29ClN4O2. The lowest BCUT2D eigenvalue weighted by Gasteiger charge is -2.39. The zero-order chi connectivity index (χ0) is 22.5. The Labute approximate surface area is 194 Å². The predicted octanol–water partition coefficient (Wildman–Crippen LogP) is 5.46. The molecule has 0 radical (unpaired) electrons. The van der Waals surface area contributed by atoms with Crippen LogP contribution in [-0.2, 0) is 11.2 Å². The lowest BCUT2D eigenvalue weighted by molar-refractivity contribution is 0.00682. The van der Waals surface area contributed by atoms with Gasteiger partial charge in [-0.15, -0.1) is 0 Å². The summed E-state index contributed by atoms with van der Waals surface area (Å²) in [6, 6.07) is 8.95. The van der Waals surface area contributed by atoms with E-state index in [0.717, 1.165) is 43.4 Å². The molecule has 3 heterocycles. The third-order valence-corrected chi connectivity index (χ3v) is 6.78. The van der Waals surface area contributed by atoms with E-state index >= 15 is 0 Å². The molecule has 2 saturated heterocycles. The minimum absolute atomic E-state index is 0.192. The molecule has 2 bridgehead atoms. The van der Waals surface area contributed by atoms with Gasteiger partial charge in [-0.05, 0) is 64.0 Å². The summed E-state index contributed by atoms with van der Waals surface area (Å²) in [4.78, 5) is 23.9. The number of nitrogens with zero attached hydrogens (tertiary/aromatic N) is 3. The molecule has 3 atom stereocenters. The first-order chi connectivity index (χ1) is 15.3. The first-order valence-corrected chi connectivity index (χ1v) is 11.8. The molecule has 7 heteroatoms. The molecule has 1 unspecified atom stereocenters. The van der Waals surface area contributed by atoms with Crippen LogP contribution in [0.25, 0.3) is 5.57 Å². The van der Waals surface area contributed by atoms with Gasteiger partial charge in [-0.2, -0.15) is 0 Å². The molecule has 168 valence electrons. The second kappa shape index (κ2) is 8.07. The van der Waals surface area contributed by atoms with Crippen LogP contribution in [0.4, 0.5) is 10.7 Å². The van der Waals surface area contributed by atoms with E-state index < -0.39 is 5.60 Å². The zero-order valence-corrected chi connectivity index (χ0v) is 19.5. The molecule has 0 spiro atoms. The van der Waals surface area contributed by atoms with Crippen LogP contribution in [0, 0.1) is 0 Å². The average molecular weight is 453 g/mol. The Bertz CT molecular complexity index is 1060. The maximum absolute atomic E-state index is 12.7. The third-order valence-electron chi connectivity index (χ3n) is 6.50. The van der Waals surface area contributed by atoms with Crippen LogP contribution in [0.5, 0.6) is 0 Å². The SMILES string of the molecule is CC(C)(C)OC(=O)N1[C@@H]2CC[C@H]1CC(Nc1ncc(Cl)c(C3=CCc4ccccc43)n1)C2. The molecule has 32 heavy (non-hydrogen) atoms. The van der Waals surface area contributed by atoms with E-state index in [1.807, 2.05) is 31.7 Å². The summed E-state index contributed by atoms with van der Waals surface area (Å²) in [7, 11) is 0. The van der Waals surface area contributed by atoms with Gasteiger partial charge < -0.3 is 15.0 Å². The van der Waals surface area contributed by atoms with Crippen molar-refractivity contribution in [2.75, 3.05) is 5.32 Å². The van der Waals surface area contributed by atoms with Crippen molar-refractivity contribution >= 4 is 29.2 Å². The predicted molar refractivity (Wildman–Crippen MR) is 126 cm³/mol. The second-order valence-electron chi connectivity index (χ2n) is 9.95. The number of carbonyl (C=O) groups excluding carboxylic acids is 1. The van der Waals surface area contributed by atoms with E-state index in [-0.39, 0.29) is 24.2 Å². The number of anilines is 1. The minimum Gasteiger partial charge on any atom is -0.444 e. The highest BCUT2D eigenvalue weighted by atomic mass is 35.5. The number of allylic oxidation sites excluding steroid dienone is 1. The van der Waals surface area contributed by atoms with Crippen molar-refractivity contribution < 1.29 is 9.53 Å². The number of ether oxygens (including phenoxy) is 1. The number of carbonyl (C=O) groups is 1. The van der Waals surface area contributed by atoms with E-state index in [4.69, 9.17) is 21.3 Å². The van der Waals surface area contributed by atoms with Gasteiger partial charge in [-0.1, -0.05) is 41.9 Å². The van der Waals surface area contributed by atoms with Gasteiger partial charge in [0.2, 0.25) is 5.95 Å². The zero-order valence-electron chi connectivity index (χ0n) is 18.8. The number of aromatic nitrogens is 2. The molecular weight excluding hydrogens is 424 g/mol. The monoisotopic (exact) mass is 452 g/mol. The molecule has 2 fully saturated rings. The van der Waals surface area contributed by atoms with Crippen LogP contribution in [0.2, 0.25) is 5.02 Å². The number of nitrogens with one attached hydrogen (secondary N) is 1. The summed E-state index contributed by atoms with van der Waals surface area (Å²) in [6.45, 7) is 5.73. The largest absolute Gasteiger partial charge is 0.444 e. The number of fused-ring (bicyclic) bond motifs is 3. The summed E-state index contributed by atoms with van der Waals surface area (Å²) in [6.07, 6.45) is 8.31. The summed E-state index contributed by atoms with van der Waals surface area (Å²) in [5.74, 6) is 0.588. The van der Waals surface area contributed by atoms with Crippen molar-refractivity contribution in [3.05, 3.63) is 58.4 Å². The van der Waals surface area contributed by atoms with Gasteiger partial charge in [0, 0.05) is 23.7 Å². The molecule has 3 aliphatic rings. The summed E-state index contributed by atoms with van der Waals surface area (Å²) in [5, 5.41) is 4.07. The van der Waals surface area contributed by atoms with Crippen molar-refractivity contribution in [1.29, 1.82) is 0 Å². The van der Waals surface area contributed by atoms with E-state index in [1.54, 1.807) is 6.20 Å². The highest BCUT2D eigenvalue weighted by Crippen LogP contribution is 2.38. The lowest BCUT2D eigenvalue weighted by atomic mass is 9.98. The average Bonchev–Trinajstić information content (AvgIpc) is 3.27. The van der Waals surface area contributed by atoms with Gasteiger partial charge in [0.15, 0.2) is 0 Å². The highest BCUT2D eigenvalue weighted by Gasteiger charge is 2.45. The maximum Gasteiger partial charge on any atom is 0.410 e. The fourth-order valence-electron chi connectivity index (χ4n) is 5.22. The fraction of sp³-hybridized carbons (Fsp3) is 0.480. The molecule has 1 aromatic heterocycles. The first-order valence-electron chi connectivity index (χ1n) is 11.4. The molecule has 1 aliphatic carbocycles. The van der Waals surface area contributed by atoms with Crippen molar-refractivity contribution in [3.63, 3.8) is 0 Å². The maximum atomic E-state index is 12.7. The van der Waals surface area contributed by atoms with Crippen LogP contribution >= 0.6 is 11.6 Å². The van der Waals surface area contributed by atoms with E-state index in [2.05, 4.69) is 34.6 Å². The van der Waals surface area contributed by atoms with E-state index in [0.29, 0.717) is 11.0 Å². The molecule has 2 aromatic rings. The molecule has 1 N–H and O–H groups in total. The Morgan fingerprint density at radius 2 is 1.91 bits per heavy atom. The van der Waals surface area contributed by atoms with E-state index in [1.165, 1.54) is 11.1 Å². The lowest BCUT2D eigenvalue weighted by Crippen LogP contribution is -2.51. The van der Waals surface area contributed by atoms with Gasteiger partial charge in [-0.25, -0.2) is 14.8 Å². The van der Waals surface area contributed by atoms with Crippen LogP contribution in [-0.4, -0.2) is 44.7 Å². The van der Waals surface area contributed by atoms with Crippen molar-refractivity contribution in [1.82, 2.24) is 14.9 Å². The van der Waals surface area contributed by atoms with Gasteiger partial charge >= 0.3 is 6.09 Å². The van der Waals surface area contributed by atoms with Gasteiger partial charge in [0.25, 0.3) is 0 Å². The number of benzene rings is 1. The van der Waals surface area contributed by atoms with Crippen molar-refractivity contribution in [3.8, 4) is 0 Å². The second-order valence-corrected chi connectivity index (χ2v) is 10.4. The number of hydrogen-bond donors (Lipinski definition) is 1. The van der Waals surface area contributed by atoms with Gasteiger partial charge in [-0.3, -0.25) is 0 Å². The number of halogens is 1. The minimum atomic E-state index is -0.479. The van der Waals surface area contributed by atoms with Crippen LogP contribution in [0.15, 0.2) is 36.5 Å².